The Balaban J connectivity index is 1.87. The number of nitrogens with zero attached hydrogens (tertiary/aromatic N) is 3. The zero-order chi connectivity index (χ0) is 12.5. The first kappa shape index (κ1) is 11.7. The SMILES string of the molecule is CC1CN(c2cc(NN)nc(C3CC3)n2)CCO1. The summed E-state index contributed by atoms with van der Waals surface area (Å²) in [6.07, 6.45) is 2.62. The summed E-state index contributed by atoms with van der Waals surface area (Å²) in [5, 5.41) is 0. The first-order chi connectivity index (χ1) is 8.76. The van der Waals surface area contributed by atoms with Gasteiger partial charge in [-0.15, -0.1) is 0 Å². The van der Waals surface area contributed by atoms with Crippen molar-refractivity contribution in [2.45, 2.75) is 31.8 Å². The first-order valence-electron chi connectivity index (χ1n) is 6.48. The molecule has 0 radical (unpaired) electrons. The maximum absolute atomic E-state index is 5.55. The molecular weight excluding hydrogens is 230 g/mol. The van der Waals surface area contributed by atoms with E-state index < -0.39 is 0 Å². The lowest BCUT2D eigenvalue weighted by Gasteiger charge is -2.32. The van der Waals surface area contributed by atoms with E-state index in [0.29, 0.717) is 11.7 Å². The van der Waals surface area contributed by atoms with Crippen molar-refractivity contribution >= 4 is 11.6 Å². The molecule has 1 saturated carbocycles. The van der Waals surface area contributed by atoms with E-state index in [0.717, 1.165) is 31.3 Å². The van der Waals surface area contributed by atoms with Gasteiger partial charge in [0.2, 0.25) is 0 Å². The molecule has 1 saturated heterocycles. The minimum Gasteiger partial charge on any atom is -0.375 e. The van der Waals surface area contributed by atoms with Crippen molar-refractivity contribution in [1.29, 1.82) is 0 Å². The molecule has 18 heavy (non-hydrogen) atoms. The molecule has 1 aromatic heterocycles. The molecule has 0 spiro atoms. The van der Waals surface area contributed by atoms with Gasteiger partial charge in [0.25, 0.3) is 0 Å². The van der Waals surface area contributed by atoms with Crippen LogP contribution in [0.2, 0.25) is 0 Å². The van der Waals surface area contributed by atoms with Crippen molar-refractivity contribution < 1.29 is 4.74 Å². The molecule has 98 valence electrons. The fraction of sp³-hybridized carbons (Fsp3) is 0.667. The van der Waals surface area contributed by atoms with Crippen LogP contribution in [0.5, 0.6) is 0 Å². The Kier molecular flexibility index (Phi) is 3.05. The lowest BCUT2D eigenvalue weighted by atomic mass is 10.3. The van der Waals surface area contributed by atoms with Crippen LogP contribution in [0.3, 0.4) is 0 Å². The Morgan fingerprint density at radius 1 is 1.44 bits per heavy atom. The van der Waals surface area contributed by atoms with Crippen LogP contribution < -0.4 is 16.2 Å². The van der Waals surface area contributed by atoms with Gasteiger partial charge in [-0.1, -0.05) is 0 Å². The van der Waals surface area contributed by atoms with Gasteiger partial charge in [0.1, 0.15) is 17.5 Å². The number of hydrazine groups is 1. The molecule has 2 aliphatic rings. The highest BCUT2D eigenvalue weighted by Crippen LogP contribution is 2.39. The number of nitrogens with one attached hydrogen (secondary N) is 1. The largest absolute Gasteiger partial charge is 0.375 e. The Bertz CT molecular complexity index is 434. The second-order valence-corrected chi connectivity index (χ2v) is 5.02. The second-order valence-electron chi connectivity index (χ2n) is 5.02. The average molecular weight is 249 g/mol. The van der Waals surface area contributed by atoms with E-state index in [-0.39, 0.29) is 6.10 Å². The summed E-state index contributed by atoms with van der Waals surface area (Å²) in [4.78, 5) is 11.3. The number of aromatic nitrogens is 2. The van der Waals surface area contributed by atoms with Crippen molar-refractivity contribution in [3.8, 4) is 0 Å². The van der Waals surface area contributed by atoms with Crippen LogP contribution in [0, 0.1) is 0 Å². The highest BCUT2D eigenvalue weighted by atomic mass is 16.5. The normalized spacial score (nSPS) is 24.1. The molecule has 0 bridgehead atoms. The summed E-state index contributed by atoms with van der Waals surface area (Å²) < 4.78 is 5.55. The van der Waals surface area contributed by atoms with Gasteiger partial charge in [-0.25, -0.2) is 15.8 Å². The van der Waals surface area contributed by atoms with Crippen LogP contribution in [0.25, 0.3) is 0 Å². The molecule has 2 heterocycles. The minimum absolute atomic E-state index is 0.243. The van der Waals surface area contributed by atoms with E-state index in [1.54, 1.807) is 0 Å². The van der Waals surface area contributed by atoms with Crippen LogP contribution in [-0.2, 0) is 4.74 Å². The van der Waals surface area contributed by atoms with E-state index in [4.69, 9.17) is 10.6 Å². The number of ether oxygens (including phenoxy) is 1. The number of hydrogen-bond acceptors (Lipinski definition) is 6. The van der Waals surface area contributed by atoms with Gasteiger partial charge in [0, 0.05) is 25.1 Å². The summed E-state index contributed by atoms with van der Waals surface area (Å²) in [5.41, 5.74) is 2.63. The maximum atomic E-state index is 5.55. The average Bonchev–Trinajstić information content (AvgIpc) is 3.22. The van der Waals surface area contributed by atoms with Gasteiger partial charge in [0.05, 0.1) is 12.7 Å². The molecule has 0 amide bonds. The molecule has 0 aromatic carbocycles. The number of anilines is 2. The highest BCUT2D eigenvalue weighted by Gasteiger charge is 2.28. The fourth-order valence-electron chi connectivity index (χ4n) is 2.24. The molecule has 1 aromatic rings. The van der Waals surface area contributed by atoms with Crippen molar-refractivity contribution in [1.82, 2.24) is 9.97 Å². The summed E-state index contributed by atoms with van der Waals surface area (Å²) in [6, 6.07) is 1.91. The third-order valence-electron chi connectivity index (χ3n) is 3.39. The van der Waals surface area contributed by atoms with Crippen molar-refractivity contribution in [2.24, 2.45) is 5.84 Å². The number of hydrogen-bond donors (Lipinski definition) is 2. The van der Waals surface area contributed by atoms with Crippen molar-refractivity contribution in [2.75, 3.05) is 30.0 Å². The van der Waals surface area contributed by atoms with Crippen LogP contribution in [0.1, 0.15) is 31.5 Å². The van der Waals surface area contributed by atoms with Gasteiger partial charge >= 0.3 is 0 Å². The summed E-state index contributed by atoms with van der Waals surface area (Å²) in [6.45, 7) is 4.56. The van der Waals surface area contributed by atoms with Crippen LogP contribution in [-0.4, -0.2) is 35.8 Å². The molecule has 6 heteroatoms. The topological polar surface area (TPSA) is 76.3 Å². The zero-order valence-electron chi connectivity index (χ0n) is 10.6. The molecule has 1 atom stereocenters. The molecule has 3 rings (SSSR count). The smallest absolute Gasteiger partial charge is 0.145 e. The molecule has 1 aliphatic carbocycles. The van der Waals surface area contributed by atoms with E-state index in [1.807, 2.05) is 6.07 Å². The van der Waals surface area contributed by atoms with E-state index in [9.17, 15) is 0 Å². The highest BCUT2D eigenvalue weighted by molar-refractivity contribution is 5.49. The van der Waals surface area contributed by atoms with E-state index in [1.165, 1.54) is 12.8 Å². The van der Waals surface area contributed by atoms with Gasteiger partial charge in [0.15, 0.2) is 0 Å². The van der Waals surface area contributed by atoms with Crippen molar-refractivity contribution in [3.63, 3.8) is 0 Å². The van der Waals surface area contributed by atoms with E-state index in [2.05, 4.69) is 27.2 Å². The quantitative estimate of drug-likeness (QED) is 0.611. The lowest BCUT2D eigenvalue weighted by molar-refractivity contribution is 0.0529. The standard InChI is InChI=1S/C12H19N5O/c1-8-7-17(4-5-18-8)11-6-10(16-13)14-12(15-11)9-2-3-9/h6,8-9H,2-5,7,13H2,1H3,(H,14,15,16). The number of rotatable bonds is 3. The molecule has 2 fully saturated rings. The predicted octanol–water partition coefficient (Wildman–Crippen LogP) is 0.865. The zero-order valence-corrected chi connectivity index (χ0v) is 10.6. The third-order valence-corrected chi connectivity index (χ3v) is 3.39. The van der Waals surface area contributed by atoms with Gasteiger partial charge < -0.3 is 15.1 Å². The Hall–Kier alpha value is -1.40. The molecule has 6 nitrogen and oxygen atoms in total. The molecular formula is C12H19N5O. The number of nitrogens with two attached hydrogens (primary N) is 1. The Morgan fingerprint density at radius 2 is 2.28 bits per heavy atom. The second kappa shape index (κ2) is 4.70. The Labute approximate surface area is 107 Å². The monoisotopic (exact) mass is 249 g/mol. The van der Waals surface area contributed by atoms with Gasteiger partial charge in [-0.3, -0.25) is 0 Å². The van der Waals surface area contributed by atoms with Crippen LogP contribution in [0.15, 0.2) is 6.07 Å². The van der Waals surface area contributed by atoms with Crippen molar-refractivity contribution in [3.05, 3.63) is 11.9 Å². The molecule has 3 N–H and O–H groups in total. The Morgan fingerprint density at radius 3 is 2.94 bits per heavy atom. The molecule has 1 unspecified atom stereocenters. The minimum atomic E-state index is 0.243. The van der Waals surface area contributed by atoms with Crippen LogP contribution in [0.4, 0.5) is 11.6 Å². The number of nitrogen functional groups attached to an aromatic ring is 1. The maximum Gasteiger partial charge on any atom is 0.145 e. The van der Waals surface area contributed by atoms with Gasteiger partial charge in [-0.2, -0.15) is 0 Å². The number of morpholine rings is 1. The van der Waals surface area contributed by atoms with Gasteiger partial charge in [-0.05, 0) is 19.8 Å². The predicted molar refractivity (Wildman–Crippen MR) is 69.4 cm³/mol. The fourth-order valence-corrected chi connectivity index (χ4v) is 2.24. The third kappa shape index (κ3) is 2.39. The summed E-state index contributed by atoms with van der Waals surface area (Å²) >= 11 is 0. The van der Waals surface area contributed by atoms with E-state index >= 15 is 0 Å². The summed E-state index contributed by atoms with van der Waals surface area (Å²) in [5.74, 6) is 8.57. The van der Waals surface area contributed by atoms with Crippen LogP contribution >= 0.6 is 0 Å². The lowest BCUT2D eigenvalue weighted by Crippen LogP contribution is -2.41. The first-order valence-corrected chi connectivity index (χ1v) is 6.48. The molecule has 1 aliphatic heterocycles. The summed E-state index contributed by atoms with van der Waals surface area (Å²) in [7, 11) is 0.